The number of amides is 1. The predicted octanol–water partition coefficient (Wildman–Crippen LogP) is 6.20. The van der Waals surface area contributed by atoms with Gasteiger partial charge in [-0.05, 0) is 33.6 Å². The van der Waals surface area contributed by atoms with E-state index in [1.54, 1.807) is 0 Å². The number of aliphatic hydroxyl groups is 1. The third kappa shape index (κ3) is 11.6. The first-order chi connectivity index (χ1) is 13.9. The average Bonchev–Trinajstić information content (AvgIpc) is 3.07. The van der Waals surface area contributed by atoms with Crippen LogP contribution in [-0.4, -0.2) is 47.2 Å². The second-order valence-electron chi connectivity index (χ2n) is 9.21. The molecule has 0 bridgehead atoms. The van der Waals surface area contributed by atoms with Gasteiger partial charge < -0.3 is 14.6 Å². The summed E-state index contributed by atoms with van der Waals surface area (Å²) < 4.78 is 11.1. The quantitative estimate of drug-likeness (QED) is 0.273. The molecule has 0 radical (unpaired) electrons. The summed E-state index contributed by atoms with van der Waals surface area (Å²) in [5, 5.41) is 9.69. The molecule has 1 saturated heterocycles. The van der Waals surface area contributed by atoms with Crippen LogP contribution in [-0.2, 0) is 9.47 Å². The number of hydrogen-bond donors (Lipinski definition) is 1. The van der Waals surface area contributed by atoms with E-state index in [1.165, 1.54) is 75.5 Å². The van der Waals surface area contributed by atoms with E-state index in [4.69, 9.17) is 9.47 Å². The maximum absolute atomic E-state index is 12.3. The molecule has 1 amide bonds. The number of carbonyl (C=O) groups is 1. The highest BCUT2D eigenvalue weighted by Gasteiger charge is 2.38. The Hall–Kier alpha value is -1.07. The molecule has 0 aromatic carbocycles. The summed E-state index contributed by atoms with van der Waals surface area (Å²) in [6.07, 6.45) is 19.2. The van der Waals surface area contributed by atoms with Gasteiger partial charge in [-0.1, -0.05) is 83.3 Å². The number of rotatable bonds is 14. The van der Waals surface area contributed by atoms with Crippen molar-refractivity contribution >= 4 is 6.09 Å². The molecule has 0 aromatic heterocycles. The minimum Gasteiger partial charge on any atom is -0.444 e. The van der Waals surface area contributed by atoms with Crippen LogP contribution in [0.5, 0.6) is 0 Å². The van der Waals surface area contributed by atoms with E-state index in [0.717, 1.165) is 6.42 Å². The molecule has 0 aromatic rings. The number of aliphatic hydroxyl groups excluding tert-OH is 1. The van der Waals surface area contributed by atoms with E-state index in [0.29, 0.717) is 0 Å². The highest BCUT2D eigenvalue weighted by atomic mass is 16.6. The van der Waals surface area contributed by atoms with Crippen LogP contribution in [0.25, 0.3) is 0 Å². The summed E-state index contributed by atoms with van der Waals surface area (Å²) in [6.45, 7) is 7.79. The predicted molar refractivity (Wildman–Crippen MR) is 119 cm³/mol. The Kier molecular flexibility index (Phi) is 13.3. The van der Waals surface area contributed by atoms with Crippen LogP contribution in [0.4, 0.5) is 4.79 Å². The van der Waals surface area contributed by atoms with E-state index in [9.17, 15) is 9.90 Å². The van der Waals surface area contributed by atoms with Gasteiger partial charge in [0.05, 0.1) is 12.6 Å². The van der Waals surface area contributed by atoms with Crippen molar-refractivity contribution < 1.29 is 19.4 Å². The third-order valence-corrected chi connectivity index (χ3v) is 5.30. The van der Waals surface area contributed by atoms with Crippen molar-refractivity contribution in [2.45, 2.75) is 122 Å². The maximum Gasteiger partial charge on any atom is 0.412 e. The van der Waals surface area contributed by atoms with Crippen LogP contribution < -0.4 is 0 Å². The van der Waals surface area contributed by atoms with Crippen LogP contribution in [0.1, 0.15) is 105 Å². The monoisotopic (exact) mass is 411 g/mol. The molecule has 5 nitrogen and oxygen atoms in total. The molecule has 170 valence electrons. The van der Waals surface area contributed by atoms with Crippen molar-refractivity contribution in [3.8, 4) is 0 Å². The summed E-state index contributed by atoms with van der Waals surface area (Å²) in [5.41, 5.74) is -0.555. The highest BCUT2D eigenvalue weighted by Crippen LogP contribution is 2.22. The first-order valence-corrected chi connectivity index (χ1v) is 11.8. The van der Waals surface area contributed by atoms with Crippen LogP contribution in [0.15, 0.2) is 12.2 Å². The summed E-state index contributed by atoms with van der Waals surface area (Å²) in [4.78, 5) is 13.7. The first-order valence-electron chi connectivity index (χ1n) is 11.8. The fourth-order valence-electron chi connectivity index (χ4n) is 3.60. The molecular weight excluding hydrogens is 366 g/mol. The zero-order valence-electron chi connectivity index (χ0n) is 19.3. The number of nitrogens with zero attached hydrogens (tertiary/aromatic N) is 1. The van der Waals surface area contributed by atoms with E-state index >= 15 is 0 Å². The minimum absolute atomic E-state index is 0.132. The molecule has 2 atom stereocenters. The van der Waals surface area contributed by atoms with Crippen LogP contribution >= 0.6 is 0 Å². The van der Waals surface area contributed by atoms with Gasteiger partial charge in [0.2, 0.25) is 0 Å². The Bertz CT molecular complexity index is 458. The Morgan fingerprint density at radius 3 is 2.10 bits per heavy atom. The fourth-order valence-corrected chi connectivity index (χ4v) is 3.60. The van der Waals surface area contributed by atoms with Gasteiger partial charge in [0.25, 0.3) is 0 Å². The Labute approximate surface area is 178 Å². The molecule has 1 rings (SSSR count). The maximum atomic E-state index is 12.3. The first kappa shape index (κ1) is 26.0. The van der Waals surface area contributed by atoms with Gasteiger partial charge in [0.1, 0.15) is 18.4 Å². The van der Waals surface area contributed by atoms with Gasteiger partial charge in [-0.3, -0.25) is 4.90 Å². The molecule has 0 unspecified atom stereocenters. The number of ether oxygens (including phenoxy) is 2. The van der Waals surface area contributed by atoms with Gasteiger partial charge in [-0.25, -0.2) is 4.79 Å². The van der Waals surface area contributed by atoms with Crippen LogP contribution in [0.2, 0.25) is 0 Å². The van der Waals surface area contributed by atoms with Crippen molar-refractivity contribution in [3.63, 3.8) is 0 Å². The van der Waals surface area contributed by atoms with Crippen molar-refractivity contribution in [3.05, 3.63) is 12.2 Å². The smallest absolute Gasteiger partial charge is 0.412 e. The zero-order valence-corrected chi connectivity index (χ0v) is 19.3. The molecular formula is C24H45NO4. The lowest BCUT2D eigenvalue weighted by atomic mass is 10.0. The molecule has 1 fully saturated rings. The topological polar surface area (TPSA) is 59.0 Å². The van der Waals surface area contributed by atoms with Crippen molar-refractivity contribution in [2.75, 3.05) is 13.3 Å². The zero-order chi connectivity index (χ0) is 21.5. The summed E-state index contributed by atoms with van der Waals surface area (Å²) in [7, 11) is 0. The average molecular weight is 412 g/mol. The second kappa shape index (κ2) is 14.8. The Balaban J connectivity index is 2.13. The second-order valence-corrected chi connectivity index (χ2v) is 9.21. The lowest BCUT2D eigenvalue weighted by molar-refractivity contribution is 0.0123. The molecule has 0 spiro atoms. The van der Waals surface area contributed by atoms with E-state index < -0.39 is 11.7 Å². The number of allylic oxidation sites excluding steroid dienone is 1. The minimum atomic E-state index is -0.555. The lowest BCUT2D eigenvalue weighted by Gasteiger charge is -2.27. The Morgan fingerprint density at radius 1 is 1.03 bits per heavy atom. The molecule has 1 aliphatic heterocycles. The Morgan fingerprint density at radius 2 is 1.59 bits per heavy atom. The highest BCUT2D eigenvalue weighted by molar-refractivity contribution is 5.69. The number of hydrogen-bond acceptors (Lipinski definition) is 4. The number of unbranched alkanes of at least 4 members (excludes halogenated alkanes) is 11. The van der Waals surface area contributed by atoms with Crippen LogP contribution in [0, 0.1) is 0 Å². The normalized spacial score (nSPS) is 20.0. The van der Waals surface area contributed by atoms with Crippen molar-refractivity contribution in [1.82, 2.24) is 4.90 Å². The molecule has 29 heavy (non-hydrogen) atoms. The molecule has 0 aliphatic carbocycles. The summed E-state index contributed by atoms with van der Waals surface area (Å²) in [6, 6.07) is -0.376. The van der Waals surface area contributed by atoms with Gasteiger partial charge in [0, 0.05) is 0 Å². The largest absolute Gasteiger partial charge is 0.444 e. The van der Waals surface area contributed by atoms with Gasteiger partial charge >= 0.3 is 6.09 Å². The van der Waals surface area contributed by atoms with E-state index in [2.05, 4.69) is 13.0 Å². The summed E-state index contributed by atoms with van der Waals surface area (Å²) in [5.74, 6) is 0. The van der Waals surface area contributed by atoms with E-state index in [1.807, 2.05) is 26.8 Å². The molecule has 1 N–H and O–H groups in total. The SMILES string of the molecule is CCCCCCCCCCCCC/C=C/[C@H]1OCN(C(=O)OC(C)(C)C)[C@H]1CO. The van der Waals surface area contributed by atoms with Crippen LogP contribution in [0.3, 0.4) is 0 Å². The summed E-state index contributed by atoms with van der Waals surface area (Å²) >= 11 is 0. The van der Waals surface area contributed by atoms with Crippen molar-refractivity contribution in [2.24, 2.45) is 0 Å². The molecule has 0 saturated carbocycles. The lowest BCUT2D eigenvalue weighted by Crippen LogP contribution is -2.44. The fraction of sp³-hybridized carbons (Fsp3) is 0.875. The van der Waals surface area contributed by atoms with Gasteiger partial charge in [0.15, 0.2) is 0 Å². The van der Waals surface area contributed by atoms with Gasteiger partial charge in [-0.15, -0.1) is 0 Å². The van der Waals surface area contributed by atoms with Gasteiger partial charge in [-0.2, -0.15) is 0 Å². The molecule has 1 aliphatic rings. The van der Waals surface area contributed by atoms with E-state index in [-0.39, 0.29) is 25.5 Å². The molecule has 1 heterocycles. The molecule has 5 heteroatoms. The standard InChI is InChI=1S/C24H45NO4/c1-5-6-7-8-9-10-11-12-13-14-15-16-17-18-22-21(19-26)25(20-28-22)23(27)29-24(2,3)4/h17-18,21-22,26H,5-16,19-20H2,1-4H3/b18-17+/t21-,22+/m0/s1. The van der Waals surface area contributed by atoms with Crippen molar-refractivity contribution in [1.29, 1.82) is 0 Å². The number of carbonyl (C=O) groups excluding carboxylic acids is 1. The third-order valence-electron chi connectivity index (χ3n) is 5.30.